The van der Waals surface area contributed by atoms with Crippen molar-refractivity contribution in [2.75, 3.05) is 6.26 Å². The highest BCUT2D eigenvalue weighted by molar-refractivity contribution is 7.98. The Kier molecular flexibility index (Phi) is 3.59. The first-order chi connectivity index (χ1) is 6.15. The van der Waals surface area contributed by atoms with Crippen LogP contribution in [0.4, 0.5) is 4.39 Å². The summed E-state index contributed by atoms with van der Waals surface area (Å²) < 4.78 is 17.5. The lowest BCUT2D eigenvalue weighted by Crippen LogP contribution is -2.21. The van der Waals surface area contributed by atoms with Gasteiger partial charge in [-0.25, -0.2) is 4.39 Å². The third-order valence-electron chi connectivity index (χ3n) is 1.37. The number of benzene rings is 1. The Hall–Kier alpha value is -0.715. The third kappa shape index (κ3) is 2.62. The smallest absolute Gasteiger partial charge is 0.509 e. The Morgan fingerprint density at radius 2 is 2.15 bits per heavy atom. The van der Waals surface area contributed by atoms with Gasteiger partial charge < -0.3 is 14.7 Å². The van der Waals surface area contributed by atoms with Crippen molar-refractivity contribution in [1.82, 2.24) is 0 Å². The van der Waals surface area contributed by atoms with Crippen molar-refractivity contribution in [3.8, 4) is 5.75 Å². The van der Waals surface area contributed by atoms with E-state index in [1.165, 1.54) is 23.9 Å². The second-order valence-corrected chi connectivity index (χ2v) is 3.06. The molecule has 0 unspecified atom stereocenters. The number of hydrogen-bond donors (Lipinski definition) is 2. The van der Waals surface area contributed by atoms with Crippen LogP contribution in [-0.2, 0) is 0 Å². The average Bonchev–Trinajstić information content (AvgIpc) is 2.08. The van der Waals surface area contributed by atoms with E-state index in [1.807, 2.05) is 0 Å². The first-order valence-electron chi connectivity index (χ1n) is 3.50. The summed E-state index contributed by atoms with van der Waals surface area (Å²) in [7, 11) is -2.00. The van der Waals surface area contributed by atoms with Crippen LogP contribution in [0.25, 0.3) is 0 Å². The van der Waals surface area contributed by atoms with Gasteiger partial charge in [0, 0.05) is 0 Å². The van der Waals surface area contributed by atoms with Crippen molar-refractivity contribution in [3.63, 3.8) is 0 Å². The second-order valence-electron chi connectivity index (χ2n) is 2.22. The molecule has 13 heavy (non-hydrogen) atoms. The van der Waals surface area contributed by atoms with Crippen molar-refractivity contribution in [2.45, 2.75) is 4.90 Å². The van der Waals surface area contributed by atoms with Gasteiger partial charge in [0.1, 0.15) is 0 Å². The minimum atomic E-state index is -2.00. The van der Waals surface area contributed by atoms with Crippen LogP contribution in [0, 0.1) is 5.82 Å². The Labute approximate surface area is 79.7 Å². The fraction of sp³-hybridized carbons (Fsp3) is 0.143. The summed E-state index contributed by atoms with van der Waals surface area (Å²) in [6.07, 6.45) is 1.74. The molecule has 0 saturated heterocycles. The molecule has 6 heteroatoms. The highest BCUT2D eigenvalue weighted by Crippen LogP contribution is 2.30. The van der Waals surface area contributed by atoms with Gasteiger partial charge in [-0.15, -0.1) is 11.8 Å². The van der Waals surface area contributed by atoms with E-state index in [-0.39, 0.29) is 5.75 Å². The van der Waals surface area contributed by atoms with Gasteiger partial charge in [0.2, 0.25) is 0 Å². The minimum absolute atomic E-state index is 0.134. The van der Waals surface area contributed by atoms with Crippen LogP contribution in [-0.4, -0.2) is 23.6 Å². The van der Waals surface area contributed by atoms with Gasteiger partial charge in [-0.05, 0) is 18.4 Å². The van der Waals surface area contributed by atoms with Gasteiger partial charge in [0.05, 0.1) is 4.90 Å². The van der Waals surface area contributed by atoms with Crippen LogP contribution in [0.3, 0.4) is 0 Å². The predicted molar refractivity (Wildman–Crippen MR) is 49.0 cm³/mol. The van der Waals surface area contributed by atoms with Crippen molar-refractivity contribution in [3.05, 3.63) is 24.0 Å². The molecule has 1 rings (SSSR count). The van der Waals surface area contributed by atoms with Crippen LogP contribution < -0.4 is 4.65 Å². The standard InChI is InChI=1S/C7H8BFO3S/c1-13-6-4-2-3-5(9)7(6)12-8(10)11/h2-4,10-11H,1H3. The summed E-state index contributed by atoms with van der Waals surface area (Å²) in [4.78, 5) is 0.521. The molecule has 0 spiro atoms. The fourth-order valence-electron chi connectivity index (χ4n) is 0.870. The predicted octanol–water partition coefficient (Wildman–Crippen LogP) is 0.896. The van der Waals surface area contributed by atoms with Gasteiger partial charge in [-0.1, -0.05) is 6.07 Å². The summed E-state index contributed by atoms with van der Waals surface area (Å²) in [5, 5.41) is 17.0. The second kappa shape index (κ2) is 4.50. The molecule has 0 aromatic heterocycles. The highest BCUT2D eigenvalue weighted by Gasteiger charge is 2.17. The monoisotopic (exact) mass is 202 g/mol. The average molecular weight is 202 g/mol. The molecule has 1 aromatic rings. The van der Waals surface area contributed by atoms with E-state index in [9.17, 15) is 4.39 Å². The molecule has 0 radical (unpaired) electrons. The number of thioether (sulfide) groups is 1. The third-order valence-corrected chi connectivity index (χ3v) is 2.14. The molecule has 0 saturated carbocycles. The van der Waals surface area contributed by atoms with Crippen LogP contribution in [0.5, 0.6) is 5.75 Å². The highest BCUT2D eigenvalue weighted by atomic mass is 32.2. The maximum atomic E-state index is 13.0. The van der Waals surface area contributed by atoms with Crippen LogP contribution >= 0.6 is 11.8 Å². The molecule has 0 bridgehead atoms. The molecule has 0 aliphatic carbocycles. The van der Waals surface area contributed by atoms with Crippen molar-refractivity contribution in [1.29, 1.82) is 0 Å². The first kappa shape index (κ1) is 10.4. The lowest BCUT2D eigenvalue weighted by Gasteiger charge is -2.09. The van der Waals surface area contributed by atoms with Gasteiger partial charge >= 0.3 is 7.32 Å². The molecular weight excluding hydrogens is 194 g/mol. The Morgan fingerprint density at radius 1 is 1.46 bits per heavy atom. The number of hydrogen-bond acceptors (Lipinski definition) is 4. The zero-order chi connectivity index (χ0) is 9.84. The number of rotatable bonds is 3. The Morgan fingerprint density at radius 3 is 2.69 bits per heavy atom. The zero-order valence-electron chi connectivity index (χ0n) is 6.90. The van der Waals surface area contributed by atoms with Crippen LogP contribution in [0.1, 0.15) is 0 Å². The number of halogens is 1. The van der Waals surface area contributed by atoms with Crippen molar-refractivity contribution >= 4 is 19.1 Å². The van der Waals surface area contributed by atoms with E-state index in [4.69, 9.17) is 10.0 Å². The van der Waals surface area contributed by atoms with Crippen LogP contribution in [0.2, 0.25) is 0 Å². The van der Waals surface area contributed by atoms with E-state index in [1.54, 1.807) is 12.3 Å². The summed E-state index contributed by atoms with van der Waals surface area (Å²) in [6, 6.07) is 4.35. The van der Waals surface area contributed by atoms with Crippen LogP contribution in [0.15, 0.2) is 23.1 Å². The Balaban J connectivity index is 3.00. The SMILES string of the molecule is CSc1cccc(F)c1OB(O)O. The quantitative estimate of drug-likeness (QED) is 0.564. The molecule has 0 aliphatic heterocycles. The molecule has 0 aliphatic rings. The molecule has 70 valence electrons. The maximum absolute atomic E-state index is 13.0. The van der Waals surface area contributed by atoms with E-state index in [0.717, 1.165) is 0 Å². The molecule has 0 amide bonds. The molecule has 1 aromatic carbocycles. The first-order valence-corrected chi connectivity index (χ1v) is 4.73. The van der Waals surface area contributed by atoms with E-state index < -0.39 is 13.1 Å². The zero-order valence-corrected chi connectivity index (χ0v) is 7.71. The molecular formula is C7H8BFO3S. The summed E-state index contributed by atoms with van der Waals surface area (Å²) in [6.45, 7) is 0. The summed E-state index contributed by atoms with van der Waals surface area (Å²) in [5.74, 6) is -0.745. The molecule has 3 nitrogen and oxygen atoms in total. The molecule has 0 heterocycles. The van der Waals surface area contributed by atoms with Gasteiger partial charge in [0.15, 0.2) is 11.6 Å². The van der Waals surface area contributed by atoms with Gasteiger partial charge in [0.25, 0.3) is 0 Å². The largest absolute Gasteiger partial charge is 0.707 e. The minimum Gasteiger partial charge on any atom is -0.509 e. The van der Waals surface area contributed by atoms with Crippen molar-refractivity contribution in [2.24, 2.45) is 0 Å². The van der Waals surface area contributed by atoms with E-state index >= 15 is 0 Å². The van der Waals surface area contributed by atoms with Crippen molar-refractivity contribution < 1.29 is 19.1 Å². The topological polar surface area (TPSA) is 49.7 Å². The molecule has 2 N–H and O–H groups in total. The van der Waals surface area contributed by atoms with Gasteiger partial charge in [-0.2, -0.15) is 0 Å². The normalized spacial score (nSPS) is 9.85. The fourth-order valence-corrected chi connectivity index (χ4v) is 1.42. The molecule has 0 atom stereocenters. The maximum Gasteiger partial charge on any atom is 0.707 e. The lowest BCUT2D eigenvalue weighted by molar-refractivity contribution is 0.278. The van der Waals surface area contributed by atoms with E-state index in [0.29, 0.717) is 4.90 Å². The molecule has 0 fully saturated rings. The van der Waals surface area contributed by atoms with Gasteiger partial charge in [-0.3, -0.25) is 0 Å². The summed E-state index contributed by atoms with van der Waals surface area (Å²) in [5.41, 5.74) is 0. The summed E-state index contributed by atoms with van der Waals surface area (Å²) >= 11 is 1.26. The van der Waals surface area contributed by atoms with E-state index in [2.05, 4.69) is 4.65 Å². The lowest BCUT2D eigenvalue weighted by atomic mass is 10.2. The Bertz CT molecular complexity index is 295. The number of para-hydroxylation sites is 1.